The van der Waals surface area contributed by atoms with Gasteiger partial charge in [-0.25, -0.2) is 0 Å². The van der Waals surface area contributed by atoms with Gasteiger partial charge in [-0.2, -0.15) is 0 Å². The molecule has 22 heavy (non-hydrogen) atoms. The second-order valence-electron chi connectivity index (χ2n) is 7.93. The Morgan fingerprint density at radius 3 is 1.91 bits per heavy atom. The Kier molecular flexibility index (Phi) is 3.65. The summed E-state index contributed by atoms with van der Waals surface area (Å²) < 4.78 is 0. The first-order chi connectivity index (χ1) is 10.3. The molecule has 0 unspecified atom stereocenters. The van der Waals surface area contributed by atoms with Crippen molar-refractivity contribution in [2.75, 3.05) is 0 Å². The van der Waals surface area contributed by atoms with Gasteiger partial charge >= 0.3 is 0 Å². The Bertz CT molecular complexity index is 678. The zero-order valence-electron chi connectivity index (χ0n) is 14.2. The Hall–Kier alpha value is -1.60. The average Bonchev–Trinajstić information content (AvgIpc) is 2.52. The monoisotopic (exact) mass is 293 g/mol. The quantitative estimate of drug-likeness (QED) is 0.813. The lowest BCUT2D eigenvalue weighted by atomic mass is 9.63. The molecule has 2 N–H and O–H groups in total. The summed E-state index contributed by atoms with van der Waals surface area (Å²) in [6, 6.07) is 15.7. The number of fused-ring (bicyclic) bond motifs is 1. The van der Waals surface area contributed by atoms with Crippen molar-refractivity contribution in [3.8, 4) is 11.1 Å². The van der Waals surface area contributed by atoms with E-state index in [1.165, 1.54) is 40.7 Å². The molecule has 0 bridgehead atoms. The van der Waals surface area contributed by atoms with E-state index in [-0.39, 0.29) is 10.8 Å². The molecular weight excluding hydrogens is 266 g/mol. The lowest BCUT2D eigenvalue weighted by Crippen LogP contribution is -2.33. The SMILES string of the molecule is CC1(C)CCC(C)(C)c2cc(-c3ccc(CN)cc3)ccc21. The molecule has 0 atom stereocenters. The van der Waals surface area contributed by atoms with Gasteiger partial charge in [-0.3, -0.25) is 0 Å². The Morgan fingerprint density at radius 1 is 0.773 bits per heavy atom. The molecule has 0 aliphatic heterocycles. The summed E-state index contributed by atoms with van der Waals surface area (Å²) in [4.78, 5) is 0. The fourth-order valence-electron chi connectivity index (χ4n) is 3.60. The van der Waals surface area contributed by atoms with E-state index in [1.54, 1.807) is 0 Å². The molecule has 0 fully saturated rings. The molecule has 0 aromatic heterocycles. The smallest absolute Gasteiger partial charge is 0.0178 e. The molecule has 0 heterocycles. The van der Waals surface area contributed by atoms with Crippen LogP contribution in [0.1, 0.15) is 57.2 Å². The fourth-order valence-corrected chi connectivity index (χ4v) is 3.60. The molecule has 0 radical (unpaired) electrons. The lowest BCUT2D eigenvalue weighted by Gasteiger charge is -2.42. The summed E-state index contributed by atoms with van der Waals surface area (Å²) in [6.45, 7) is 10.1. The second kappa shape index (κ2) is 5.24. The number of rotatable bonds is 2. The van der Waals surface area contributed by atoms with Crippen LogP contribution in [0.2, 0.25) is 0 Å². The number of benzene rings is 2. The molecule has 0 amide bonds. The summed E-state index contributed by atoms with van der Waals surface area (Å²) in [7, 11) is 0. The second-order valence-corrected chi connectivity index (χ2v) is 7.93. The lowest BCUT2D eigenvalue weighted by molar-refractivity contribution is 0.332. The molecule has 1 heteroatoms. The third kappa shape index (κ3) is 2.59. The first-order valence-corrected chi connectivity index (χ1v) is 8.28. The molecule has 0 saturated heterocycles. The maximum atomic E-state index is 5.70. The maximum absolute atomic E-state index is 5.70. The van der Waals surface area contributed by atoms with Crippen LogP contribution < -0.4 is 5.73 Å². The molecule has 1 nitrogen and oxygen atoms in total. The van der Waals surface area contributed by atoms with Gasteiger partial charge in [-0.05, 0) is 51.5 Å². The molecule has 3 rings (SSSR count). The number of nitrogens with two attached hydrogens (primary N) is 1. The number of hydrogen-bond acceptors (Lipinski definition) is 1. The van der Waals surface area contributed by atoms with Crippen molar-refractivity contribution < 1.29 is 0 Å². The zero-order valence-corrected chi connectivity index (χ0v) is 14.2. The Morgan fingerprint density at radius 2 is 1.32 bits per heavy atom. The highest BCUT2D eigenvalue weighted by Gasteiger charge is 2.36. The third-order valence-corrected chi connectivity index (χ3v) is 5.38. The van der Waals surface area contributed by atoms with Crippen LogP contribution in [0.3, 0.4) is 0 Å². The van der Waals surface area contributed by atoms with E-state index >= 15 is 0 Å². The summed E-state index contributed by atoms with van der Waals surface area (Å²) in [5.41, 5.74) is 13.1. The topological polar surface area (TPSA) is 26.0 Å². The largest absolute Gasteiger partial charge is 0.326 e. The molecule has 2 aromatic rings. The molecular formula is C21H27N. The van der Waals surface area contributed by atoms with Gasteiger partial charge in [-0.15, -0.1) is 0 Å². The molecule has 0 spiro atoms. The third-order valence-electron chi connectivity index (χ3n) is 5.38. The van der Waals surface area contributed by atoms with Crippen LogP contribution >= 0.6 is 0 Å². The molecule has 1 aliphatic rings. The predicted octanol–water partition coefficient (Wildman–Crippen LogP) is 5.16. The molecule has 2 aromatic carbocycles. The predicted molar refractivity (Wildman–Crippen MR) is 95.1 cm³/mol. The average molecular weight is 293 g/mol. The van der Waals surface area contributed by atoms with Crippen molar-refractivity contribution in [3.63, 3.8) is 0 Å². The van der Waals surface area contributed by atoms with Gasteiger partial charge in [0.2, 0.25) is 0 Å². The van der Waals surface area contributed by atoms with Crippen LogP contribution in [0.25, 0.3) is 11.1 Å². The Balaban J connectivity index is 2.09. The first-order valence-electron chi connectivity index (χ1n) is 8.28. The van der Waals surface area contributed by atoms with Crippen LogP contribution in [0.4, 0.5) is 0 Å². The van der Waals surface area contributed by atoms with Crippen LogP contribution in [-0.2, 0) is 17.4 Å². The van der Waals surface area contributed by atoms with Crippen molar-refractivity contribution in [2.45, 2.75) is 57.9 Å². The van der Waals surface area contributed by atoms with Crippen molar-refractivity contribution in [1.29, 1.82) is 0 Å². The standard InChI is InChI=1S/C21H27N/c1-20(2)11-12-21(3,4)19-13-17(9-10-18(19)20)16-7-5-15(14-22)6-8-16/h5-10,13H,11-12,14,22H2,1-4H3. The maximum Gasteiger partial charge on any atom is 0.0178 e. The van der Waals surface area contributed by atoms with Gasteiger partial charge in [0.25, 0.3) is 0 Å². The van der Waals surface area contributed by atoms with Crippen LogP contribution in [-0.4, -0.2) is 0 Å². The van der Waals surface area contributed by atoms with Gasteiger partial charge in [0, 0.05) is 6.54 Å². The van der Waals surface area contributed by atoms with Crippen LogP contribution in [0.5, 0.6) is 0 Å². The van der Waals surface area contributed by atoms with E-state index in [0.717, 1.165) is 0 Å². The molecule has 116 valence electrons. The van der Waals surface area contributed by atoms with E-state index in [9.17, 15) is 0 Å². The normalized spacial score (nSPS) is 18.8. The van der Waals surface area contributed by atoms with Gasteiger partial charge < -0.3 is 5.73 Å². The van der Waals surface area contributed by atoms with Crippen molar-refractivity contribution in [1.82, 2.24) is 0 Å². The van der Waals surface area contributed by atoms with E-state index in [2.05, 4.69) is 70.2 Å². The van der Waals surface area contributed by atoms with E-state index in [4.69, 9.17) is 5.73 Å². The van der Waals surface area contributed by atoms with E-state index < -0.39 is 0 Å². The highest BCUT2D eigenvalue weighted by Crippen LogP contribution is 2.46. The molecule has 0 saturated carbocycles. The van der Waals surface area contributed by atoms with Gasteiger partial charge in [0.15, 0.2) is 0 Å². The van der Waals surface area contributed by atoms with Gasteiger partial charge in [0.1, 0.15) is 0 Å². The van der Waals surface area contributed by atoms with E-state index in [1.807, 2.05) is 0 Å². The van der Waals surface area contributed by atoms with Crippen molar-refractivity contribution in [3.05, 3.63) is 59.2 Å². The highest BCUT2D eigenvalue weighted by molar-refractivity contribution is 5.66. The fraction of sp³-hybridized carbons (Fsp3) is 0.429. The summed E-state index contributed by atoms with van der Waals surface area (Å²) in [6.07, 6.45) is 2.51. The first kappa shape index (κ1) is 15.3. The summed E-state index contributed by atoms with van der Waals surface area (Å²) in [5, 5.41) is 0. The van der Waals surface area contributed by atoms with Crippen LogP contribution in [0, 0.1) is 0 Å². The minimum atomic E-state index is 0.262. The minimum absolute atomic E-state index is 0.262. The van der Waals surface area contributed by atoms with Gasteiger partial charge in [-0.1, -0.05) is 70.2 Å². The van der Waals surface area contributed by atoms with Crippen LogP contribution in [0.15, 0.2) is 42.5 Å². The summed E-state index contributed by atoms with van der Waals surface area (Å²) >= 11 is 0. The Labute approximate surface area is 134 Å². The van der Waals surface area contributed by atoms with Crippen molar-refractivity contribution >= 4 is 0 Å². The van der Waals surface area contributed by atoms with Gasteiger partial charge in [0.05, 0.1) is 0 Å². The zero-order chi connectivity index (χ0) is 16.0. The van der Waals surface area contributed by atoms with Crippen molar-refractivity contribution in [2.24, 2.45) is 5.73 Å². The highest BCUT2D eigenvalue weighted by atomic mass is 14.5. The minimum Gasteiger partial charge on any atom is -0.326 e. The number of hydrogen-bond donors (Lipinski definition) is 1. The van der Waals surface area contributed by atoms with E-state index in [0.29, 0.717) is 6.54 Å². The summed E-state index contributed by atoms with van der Waals surface area (Å²) in [5.74, 6) is 0. The molecule has 1 aliphatic carbocycles.